The normalized spacial score (nSPS) is 10.1. The van der Waals surface area contributed by atoms with Gasteiger partial charge in [0.25, 0.3) is 5.91 Å². The van der Waals surface area contributed by atoms with Crippen LogP contribution < -0.4 is 10.6 Å². The molecule has 2 amide bonds. The second kappa shape index (κ2) is 9.85. The molecule has 0 aliphatic rings. The Hall–Kier alpha value is -2.32. The summed E-state index contributed by atoms with van der Waals surface area (Å²) < 4.78 is 4.95. The van der Waals surface area contributed by atoms with Crippen LogP contribution in [0, 0.1) is 0 Å². The number of hydrogen-bond acceptors (Lipinski definition) is 6. The average Bonchev–Trinajstić information content (AvgIpc) is 3.06. The molecule has 0 atom stereocenters. The van der Waals surface area contributed by atoms with Gasteiger partial charge in [0.2, 0.25) is 5.91 Å². The molecule has 1 heterocycles. The van der Waals surface area contributed by atoms with Crippen LogP contribution in [0.15, 0.2) is 41.8 Å². The van der Waals surface area contributed by atoms with Gasteiger partial charge in [-0.05, 0) is 29.6 Å². The van der Waals surface area contributed by atoms with Crippen LogP contribution in [0.1, 0.15) is 11.8 Å². The predicted molar refractivity (Wildman–Crippen MR) is 101 cm³/mol. The maximum atomic E-state index is 11.8. The number of rotatable bonds is 8. The molecule has 0 aliphatic heterocycles. The summed E-state index contributed by atoms with van der Waals surface area (Å²) in [6.07, 6.45) is 0. The summed E-state index contributed by atoms with van der Waals surface area (Å²) >= 11 is 3.08. The van der Waals surface area contributed by atoms with Crippen molar-refractivity contribution in [3.05, 3.63) is 46.7 Å². The minimum Gasteiger partial charge on any atom is -0.455 e. The molecule has 2 aromatic rings. The summed E-state index contributed by atoms with van der Waals surface area (Å²) in [6, 6.07) is 10.7. The number of ether oxygens (including phenoxy) is 1. The van der Waals surface area contributed by atoms with Gasteiger partial charge in [-0.3, -0.25) is 14.4 Å². The molecular formula is C17H18N2O4S2. The second-order valence-corrected chi connectivity index (χ2v) is 7.06. The minimum absolute atomic E-state index is 0.197. The van der Waals surface area contributed by atoms with Gasteiger partial charge in [0.15, 0.2) is 6.61 Å². The van der Waals surface area contributed by atoms with Crippen molar-refractivity contribution in [3.63, 3.8) is 0 Å². The molecule has 0 saturated heterocycles. The lowest BCUT2D eigenvalue weighted by atomic mass is 10.2. The molecule has 132 valence electrons. The maximum Gasteiger partial charge on any atom is 0.316 e. The Kier molecular flexibility index (Phi) is 7.49. The fourth-order valence-electron chi connectivity index (χ4n) is 1.89. The van der Waals surface area contributed by atoms with Gasteiger partial charge >= 0.3 is 5.97 Å². The van der Waals surface area contributed by atoms with Gasteiger partial charge in [0.05, 0.1) is 5.75 Å². The van der Waals surface area contributed by atoms with Gasteiger partial charge < -0.3 is 15.4 Å². The van der Waals surface area contributed by atoms with Gasteiger partial charge in [-0.25, -0.2) is 0 Å². The molecule has 0 bridgehead atoms. The molecule has 6 nitrogen and oxygen atoms in total. The Morgan fingerprint density at radius 3 is 2.56 bits per heavy atom. The van der Waals surface area contributed by atoms with Gasteiger partial charge in [0.1, 0.15) is 0 Å². The molecule has 8 heteroatoms. The molecule has 1 aromatic heterocycles. The topological polar surface area (TPSA) is 84.5 Å². The number of thiophene rings is 1. The third-order valence-electron chi connectivity index (χ3n) is 2.88. The fraction of sp³-hybridized carbons (Fsp3) is 0.235. The van der Waals surface area contributed by atoms with Gasteiger partial charge in [-0.1, -0.05) is 12.1 Å². The van der Waals surface area contributed by atoms with E-state index in [1.54, 1.807) is 35.6 Å². The lowest BCUT2D eigenvalue weighted by Gasteiger charge is -2.08. The zero-order valence-corrected chi connectivity index (χ0v) is 15.2. The molecule has 0 aliphatic carbocycles. The van der Waals surface area contributed by atoms with Crippen LogP contribution in [0.25, 0.3) is 0 Å². The summed E-state index contributed by atoms with van der Waals surface area (Å²) in [5, 5.41) is 7.23. The van der Waals surface area contributed by atoms with E-state index < -0.39 is 11.9 Å². The fourth-order valence-corrected chi connectivity index (χ4v) is 3.55. The number of carbonyl (C=O) groups excluding carboxylic acids is 3. The van der Waals surface area contributed by atoms with Crippen LogP contribution in [-0.2, 0) is 24.9 Å². The summed E-state index contributed by atoms with van der Waals surface area (Å²) in [4.78, 5) is 35.7. The van der Waals surface area contributed by atoms with Crippen molar-refractivity contribution in [2.24, 2.45) is 0 Å². The molecule has 25 heavy (non-hydrogen) atoms. The molecule has 0 saturated carbocycles. The Bertz CT molecular complexity index is 732. The van der Waals surface area contributed by atoms with Crippen molar-refractivity contribution in [1.82, 2.24) is 0 Å². The SMILES string of the molecule is CC(=O)Nc1cccc(NC(=O)COC(=O)CSCc2cccs2)c1. The molecule has 2 N–H and O–H groups in total. The van der Waals surface area contributed by atoms with E-state index >= 15 is 0 Å². The molecule has 0 unspecified atom stereocenters. The maximum absolute atomic E-state index is 11.8. The number of anilines is 2. The molecule has 2 rings (SSSR count). The Morgan fingerprint density at radius 2 is 1.88 bits per heavy atom. The number of esters is 1. The highest BCUT2D eigenvalue weighted by molar-refractivity contribution is 7.99. The Balaban J connectivity index is 1.69. The Morgan fingerprint density at radius 1 is 1.12 bits per heavy atom. The Labute approximate surface area is 154 Å². The van der Waals surface area contributed by atoms with E-state index in [0.717, 1.165) is 5.75 Å². The third-order valence-corrected chi connectivity index (χ3v) is 4.89. The molecule has 0 spiro atoms. The van der Waals surface area contributed by atoms with Crippen LogP contribution in [0.5, 0.6) is 0 Å². The number of amides is 2. The highest BCUT2D eigenvalue weighted by Gasteiger charge is 2.09. The van der Waals surface area contributed by atoms with Crippen molar-refractivity contribution < 1.29 is 19.1 Å². The molecule has 0 radical (unpaired) electrons. The van der Waals surface area contributed by atoms with Gasteiger partial charge in [-0.2, -0.15) is 0 Å². The summed E-state index contributed by atoms with van der Waals surface area (Å²) in [5.74, 6) is -0.115. The van der Waals surface area contributed by atoms with Gasteiger partial charge in [0, 0.05) is 28.9 Å². The highest BCUT2D eigenvalue weighted by Crippen LogP contribution is 2.17. The summed E-state index contributed by atoms with van der Waals surface area (Å²) in [6.45, 7) is 1.06. The van der Waals surface area contributed by atoms with Crippen molar-refractivity contribution in [3.8, 4) is 0 Å². The van der Waals surface area contributed by atoms with E-state index in [1.165, 1.54) is 23.6 Å². The smallest absolute Gasteiger partial charge is 0.316 e. The van der Waals surface area contributed by atoms with Crippen LogP contribution in [0.3, 0.4) is 0 Å². The molecular weight excluding hydrogens is 360 g/mol. The number of hydrogen-bond donors (Lipinski definition) is 2. The van der Waals surface area contributed by atoms with Crippen LogP contribution >= 0.6 is 23.1 Å². The number of carbonyl (C=O) groups is 3. The first kappa shape index (κ1) is 19.0. The van der Waals surface area contributed by atoms with E-state index in [-0.39, 0.29) is 18.3 Å². The van der Waals surface area contributed by atoms with Crippen molar-refractivity contribution in [2.45, 2.75) is 12.7 Å². The van der Waals surface area contributed by atoms with E-state index in [9.17, 15) is 14.4 Å². The lowest BCUT2D eigenvalue weighted by Crippen LogP contribution is -2.21. The zero-order valence-electron chi connectivity index (χ0n) is 13.6. The summed E-state index contributed by atoms with van der Waals surface area (Å²) in [7, 11) is 0. The van der Waals surface area contributed by atoms with E-state index in [1.807, 2.05) is 17.5 Å². The zero-order chi connectivity index (χ0) is 18.1. The number of nitrogens with one attached hydrogen (secondary N) is 2. The standard InChI is InChI=1S/C17H18N2O4S2/c1-12(20)18-13-4-2-5-14(8-13)19-16(21)9-23-17(22)11-24-10-15-6-3-7-25-15/h2-8H,9-11H2,1H3,(H,18,20)(H,19,21). The van der Waals surface area contributed by atoms with E-state index in [0.29, 0.717) is 11.4 Å². The number of thioether (sulfide) groups is 1. The quantitative estimate of drug-likeness (QED) is 0.690. The first-order valence-corrected chi connectivity index (χ1v) is 9.49. The third kappa shape index (κ3) is 7.40. The number of benzene rings is 1. The van der Waals surface area contributed by atoms with Crippen molar-refractivity contribution >= 4 is 52.3 Å². The van der Waals surface area contributed by atoms with E-state index in [2.05, 4.69) is 10.6 Å². The van der Waals surface area contributed by atoms with Gasteiger partial charge in [-0.15, -0.1) is 23.1 Å². The lowest BCUT2D eigenvalue weighted by molar-refractivity contribution is -0.144. The van der Waals surface area contributed by atoms with Crippen LogP contribution in [-0.4, -0.2) is 30.1 Å². The first-order chi connectivity index (χ1) is 12.0. The van der Waals surface area contributed by atoms with Crippen LogP contribution in [0.4, 0.5) is 11.4 Å². The highest BCUT2D eigenvalue weighted by atomic mass is 32.2. The monoisotopic (exact) mass is 378 g/mol. The van der Waals surface area contributed by atoms with Crippen LogP contribution in [0.2, 0.25) is 0 Å². The first-order valence-electron chi connectivity index (χ1n) is 7.46. The minimum atomic E-state index is -0.434. The van der Waals surface area contributed by atoms with Crippen molar-refractivity contribution in [2.75, 3.05) is 23.0 Å². The summed E-state index contributed by atoms with van der Waals surface area (Å²) in [5.41, 5.74) is 1.09. The van der Waals surface area contributed by atoms with Crippen molar-refractivity contribution in [1.29, 1.82) is 0 Å². The largest absolute Gasteiger partial charge is 0.455 e. The second-order valence-electron chi connectivity index (χ2n) is 5.04. The molecule has 0 fully saturated rings. The average molecular weight is 378 g/mol. The van der Waals surface area contributed by atoms with E-state index in [4.69, 9.17) is 4.74 Å². The predicted octanol–water partition coefficient (Wildman–Crippen LogP) is 3.12. The molecule has 1 aromatic carbocycles.